The van der Waals surface area contributed by atoms with Gasteiger partial charge in [-0.25, -0.2) is 9.67 Å². The summed E-state index contributed by atoms with van der Waals surface area (Å²) in [5.41, 5.74) is 2.27. The number of piperidine rings is 1. The monoisotopic (exact) mass is 409 g/mol. The third kappa shape index (κ3) is 5.79. The molecule has 0 saturated carbocycles. The number of hydrogen-bond acceptors (Lipinski definition) is 5. The largest absolute Gasteiger partial charge is 0.371 e. The molecule has 2 aromatic rings. The van der Waals surface area contributed by atoms with Crippen LogP contribution in [0.4, 0.5) is 5.69 Å². The van der Waals surface area contributed by atoms with Gasteiger partial charge in [-0.1, -0.05) is 32.9 Å². The fourth-order valence-corrected chi connectivity index (χ4v) is 3.84. The van der Waals surface area contributed by atoms with Crippen molar-refractivity contribution in [1.29, 1.82) is 0 Å². The maximum absolute atomic E-state index is 13.0. The molecule has 0 aliphatic carbocycles. The zero-order valence-electron chi connectivity index (χ0n) is 19.0. The molecule has 0 spiro atoms. The lowest BCUT2D eigenvalue weighted by atomic mass is 9.88. The van der Waals surface area contributed by atoms with Gasteiger partial charge in [-0.3, -0.25) is 4.79 Å². The SMILES string of the molecule is CN(C)CCC1CCN(c2cccc(/C=C(/C(=O)C(C)(C)C)n3cncn3)c2)CC1. The van der Waals surface area contributed by atoms with Crippen LogP contribution in [0.15, 0.2) is 36.9 Å². The molecule has 1 aliphatic rings. The average molecular weight is 410 g/mol. The van der Waals surface area contributed by atoms with Gasteiger partial charge >= 0.3 is 0 Å². The first-order valence-corrected chi connectivity index (χ1v) is 10.9. The third-order valence-corrected chi connectivity index (χ3v) is 5.72. The summed E-state index contributed by atoms with van der Waals surface area (Å²) < 4.78 is 1.57. The molecule has 0 amide bonds. The summed E-state index contributed by atoms with van der Waals surface area (Å²) in [7, 11) is 4.29. The second-order valence-corrected chi connectivity index (χ2v) is 9.57. The van der Waals surface area contributed by atoms with E-state index in [-0.39, 0.29) is 5.78 Å². The highest BCUT2D eigenvalue weighted by Gasteiger charge is 2.27. The Hall–Kier alpha value is -2.47. The lowest BCUT2D eigenvalue weighted by Crippen LogP contribution is -2.34. The van der Waals surface area contributed by atoms with Crippen LogP contribution in [-0.4, -0.2) is 59.2 Å². The van der Waals surface area contributed by atoms with E-state index in [0.717, 1.165) is 31.1 Å². The van der Waals surface area contributed by atoms with Gasteiger partial charge in [0.05, 0.1) is 0 Å². The molecule has 3 rings (SSSR count). The summed E-state index contributed by atoms with van der Waals surface area (Å²) in [5.74, 6) is 0.857. The van der Waals surface area contributed by atoms with Gasteiger partial charge in [0.1, 0.15) is 18.4 Å². The molecular formula is C24H35N5O. The van der Waals surface area contributed by atoms with Crippen LogP contribution in [0.2, 0.25) is 0 Å². The van der Waals surface area contributed by atoms with Crippen molar-refractivity contribution in [2.45, 2.75) is 40.0 Å². The minimum Gasteiger partial charge on any atom is -0.371 e. The van der Waals surface area contributed by atoms with E-state index in [1.165, 1.54) is 31.3 Å². The standard InChI is InChI=1S/C24H35N5O/c1-24(2,3)23(30)22(29-18-25-17-26-29)16-20-7-6-8-21(15-20)28-13-10-19(11-14-28)9-12-27(4)5/h6-8,15-19H,9-14H2,1-5H3/b22-16-. The van der Waals surface area contributed by atoms with Crippen LogP contribution in [0, 0.1) is 11.3 Å². The summed E-state index contributed by atoms with van der Waals surface area (Å²) in [4.78, 5) is 21.8. The number of nitrogens with zero attached hydrogens (tertiary/aromatic N) is 5. The summed E-state index contributed by atoms with van der Waals surface area (Å²) in [6.45, 7) is 9.12. The molecule has 30 heavy (non-hydrogen) atoms. The molecule has 1 aliphatic heterocycles. The fourth-order valence-electron chi connectivity index (χ4n) is 3.84. The quantitative estimate of drug-likeness (QED) is 0.646. The second-order valence-electron chi connectivity index (χ2n) is 9.57. The Morgan fingerprint density at radius 1 is 1.23 bits per heavy atom. The van der Waals surface area contributed by atoms with Gasteiger partial charge < -0.3 is 9.80 Å². The van der Waals surface area contributed by atoms with Gasteiger partial charge in [-0.15, -0.1) is 0 Å². The Labute approximate surface area is 180 Å². The Morgan fingerprint density at radius 2 is 1.97 bits per heavy atom. The molecule has 0 N–H and O–H groups in total. The van der Waals surface area contributed by atoms with Crippen LogP contribution in [0.5, 0.6) is 0 Å². The number of rotatable bonds is 7. The van der Waals surface area contributed by atoms with E-state index in [9.17, 15) is 4.79 Å². The van der Waals surface area contributed by atoms with Crippen LogP contribution in [0.25, 0.3) is 11.8 Å². The van der Waals surface area contributed by atoms with Crippen LogP contribution in [0.3, 0.4) is 0 Å². The molecule has 6 heteroatoms. The summed E-state index contributed by atoms with van der Waals surface area (Å²) in [6.07, 6.45) is 8.72. The molecule has 1 aromatic carbocycles. The molecule has 6 nitrogen and oxygen atoms in total. The van der Waals surface area contributed by atoms with E-state index < -0.39 is 5.41 Å². The number of aromatic nitrogens is 3. The van der Waals surface area contributed by atoms with E-state index in [1.807, 2.05) is 32.9 Å². The molecular weight excluding hydrogens is 374 g/mol. The highest BCUT2D eigenvalue weighted by Crippen LogP contribution is 2.28. The summed E-state index contributed by atoms with van der Waals surface area (Å²) in [6, 6.07) is 8.45. The first-order chi connectivity index (χ1) is 14.2. The van der Waals surface area contributed by atoms with Crippen LogP contribution >= 0.6 is 0 Å². The van der Waals surface area contributed by atoms with Crippen LogP contribution in [0.1, 0.15) is 45.6 Å². The maximum Gasteiger partial charge on any atom is 0.186 e. The minimum absolute atomic E-state index is 0.0418. The number of allylic oxidation sites excluding steroid dienone is 1. The zero-order valence-corrected chi connectivity index (χ0v) is 19.0. The van der Waals surface area contributed by atoms with Gasteiger partial charge in [-0.05, 0) is 69.6 Å². The Bertz CT molecular complexity index is 856. The van der Waals surface area contributed by atoms with Crippen molar-refractivity contribution in [3.63, 3.8) is 0 Å². The van der Waals surface area contributed by atoms with Crippen molar-refractivity contribution in [1.82, 2.24) is 19.7 Å². The van der Waals surface area contributed by atoms with Gasteiger partial charge in [-0.2, -0.15) is 5.10 Å². The second kappa shape index (κ2) is 9.56. The van der Waals surface area contributed by atoms with Crippen LogP contribution in [-0.2, 0) is 4.79 Å². The minimum atomic E-state index is -0.496. The van der Waals surface area contributed by atoms with Gasteiger partial charge in [0.25, 0.3) is 0 Å². The van der Waals surface area contributed by atoms with Gasteiger partial charge in [0.2, 0.25) is 0 Å². The Morgan fingerprint density at radius 3 is 2.57 bits per heavy atom. The zero-order chi connectivity index (χ0) is 21.7. The molecule has 0 unspecified atom stereocenters. The van der Waals surface area contributed by atoms with Crippen molar-refractivity contribution in [3.05, 3.63) is 42.5 Å². The summed E-state index contributed by atoms with van der Waals surface area (Å²) >= 11 is 0. The Kier molecular flexibility index (Phi) is 7.08. The van der Waals surface area contributed by atoms with E-state index in [1.54, 1.807) is 11.0 Å². The van der Waals surface area contributed by atoms with E-state index in [4.69, 9.17) is 0 Å². The number of ketones is 1. The van der Waals surface area contributed by atoms with Crippen molar-refractivity contribution in [3.8, 4) is 0 Å². The lowest BCUT2D eigenvalue weighted by Gasteiger charge is -2.34. The smallest absolute Gasteiger partial charge is 0.186 e. The molecule has 0 radical (unpaired) electrons. The molecule has 0 bridgehead atoms. The van der Waals surface area contributed by atoms with Gasteiger partial charge in [0, 0.05) is 24.2 Å². The predicted molar refractivity (Wildman–Crippen MR) is 123 cm³/mol. The molecule has 2 heterocycles. The number of anilines is 1. The van der Waals surface area contributed by atoms with E-state index in [0.29, 0.717) is 5.70 Å². The maximum atomic E-state index is 13.0. The molecule has 1 aromatic heterocycles. The highest BCUT2D eigenvalue weighted by atomic mass is 16.1. The molecule has 1 saturated heterocycles. The van der Waals surface area contributed by atoms with Gasteiger partial charge in [0.15, 0.2) is 5.78 Å². The number of carbonyl (C=O) groups is 1. The fraction of sp³-hybridized carbons (Fsp3) is 0.542. The normalized spacial score (nSPS) is 16.3. The first-order valence-electron chi connectivity index (χ1n) is 10.9. The number of Topliss-reactive ketones (excluding diaryl/α,β-unsaturated/α-hetero) is 1. The van der Waals surface area contributed by atoms with E-state index in [2.05, 4.69) is 52.2 Å². The van der Waals surface area contributed by atoms with E-state index >= 15 is 0 Å². The average Bonchev–Trinajstić information content (AvgIpc) is 3.24. The van der Waals surface area contributed by atoms with Crippen molar-refractivity contribution in [2.24, 2.45) is 11.3 Å². The number of carbonyl (C=O) groups excluding carboxylic acids is 1. The number of benzene rings is 1. The van der Waals surface area contributed by atoms with Crippen molar-refractivity contribution >= 4 is 23.2 Å². The third-order valence-electron chi connectivity index (χ3n) is 5.72. The van der Waals surface area contributed by atoms with Crippen molar-refractivity contribution < 1.29 is 4.79 Å². The number of hydrogen-bond donors (Lipinski definition) is 0. The highest BCUT2D eigenvalue weighted by molar-refractivity contribution is 6.21. The summed E-state index contributed by atoms with van der Waals surface area (Å²) in [5, 5.41) is 4.20. The first kappa shape index (κ1) is 22.2. The lowest BCUT2D eigenvalue weighted by molar-refractivity contribution is -0.120. The topological polar surface area (TPSA) is 54.3 Å². The van der Waals surface area contributed by atoms with Crippen molar-refractivity contribution in [2.75, 3.05) is 38.6 Å². The molecule has 0 atom stereocenters. The molecule has 162 valence electrons. The molecule has 1 fully saturated rings. The Balaban J connectivity index is 1.77. The predicted octanol–water partition coefficient (Wildman–Crippen LogP) is 4.06. The van der Waals surface area contributed by atoms with Crippen LogP contribution < -0.4 is 4.90 Å².